The van der Waals surface area contributed by atoms with Crippen molar-refractivity contribution in [1.29, 1.82) is 10.5 Å². The molecule has 0 aliphatic rings. The lowest BCUT2D eigenvalue weighted by atomic mass is 9.80. The molecule has 0 aliphatic heterocycles. The highest BCUT2D eigenvalue weighted by Gasteiger charge is 2.37. The second-order valence-corrected chi connectivity index (χ2v) is 5.33. The van der Waals surface area contributed by atoms with E-state index in [1.165, 1.54) is 0 Å². The maximum atomic E-state index is 12.3. The van der Waals surface area contributed by atoms with Gasteiger partial charge in [0.15, 0.2) is 0 Å². The maximum Gasteiger partial charge on any atom is 0.389 e. The van der Waals surface area contributed by atoms with Crippen LogP contribution in [-0.2, 0) is 6.42 Å². The van der Waals surface area contributed by atoms with Crippen LogP contribution in [0.25, 0.3) is 0 Å². The molecule has 106 valence electrons. The summed E-state index contributed by atoms with van der Waals surface area (Å²) in [6.45, 7) is 0. The minimum atomic E-state index is -4.36. The fourth-order valence-corrected chi connectivity index (χ4v) is 2.16. The molecule has 6 heteroatoms. The highest BCUT2D eigenvalue weighted by Crippen LogP contribution is 2.33. The standard InChI is InChI=1S/C14H13F3N2S/c1-20-12-4-2-11(3-5-12)8-13(9-18,10-19)6-7-14(15,16)17/h2-5H,6-8H2,1H3. The summed E-state index contributed by atoms with van der Waals surface area (Å²) in [6, 6.07) is 10.6. The third-order valence-corrected chi connectivity index (χ3v) is 3.67. The summed E-state index contributed by atoms with van der Waals surface area (Å²) in [4.78, 5) is 1.02. The van der Waals surface area contributed by atoms with Gasteiger partial charge in [-0.05, 0) is 30.4 Å². The van der Waals surface area contributed by atoms with E-state index >= 15 is 0 Å². The van der Waals surface area contributed by atoms with Crippen LogP contribution in [0.4, 0.5) is 13.2 Å². The zero-order chi connectivity index (χ0) is 15.2. The first-order valence-electron chi connectivity index (χ1n) is 5.86. The van der Waals surface area contributed by atoms with Crippen LogP contribution in [0.1, 0.15) is 18.4 Å². The molecule has 0 aromatic heterocycles. The number of hydrogen-bond donors (Lipinski definition) is 0. The molecule has 0 aliphatic carbocycles. The molecule has 0 radical (unpaired) electrons. The van der Waals surface area contributed by atoms with Crippen molar-refractivity contribution in [2.24, 2.45) is 5.41 Å². The number of hydrogen-bond acceptors (Lipinski definition) is 3. The van der Waals surface area contributed by atoms with E-state index in [0.29, 0.717) is 5.56 Å². The largest absolute Gasteiger partial charge is 0.389 e. The molecule has 0 unspecified atom stereocenters. The van der Waals surface area contributed by atoms with Crippen LogP contribution in [0.2, 0.25) is 0 Å². The molecule has 20 heavy (non-hydrogen) atoms. The summed E-state index contributed by atoms with van der Waals surface area (Å²) in [5.41, 5.74) is -0.941. The van der Waals surface area contributed by atoms with Crippen molar-refractivity contribution in [2.45, 2.75) is 30.3 Å². The molecule has 2 nitrogen and oxygen atoms in total. The van der Waals surface area contributed by atoms with Gasteiger partial charge in [0.25, 0.3) is 0 Å². The summed E-state index contributed by atoms with van der Waals surface area (Å²) in [5.74, 6) is 0. The smallest absolute Gasteiger partial charge is 0.197 e. The third kappa shape index (κ3) is 4.79. The van der Waals surface area contributed by atoms with Crippen molar-refractivity contribution >= 4 is 11.8 Å². The third-order valence-electron chi connectivity index (χ3n) is 2.93. The molecular weight excluding hydrogens is 285 g/mol. The molecule has 0 amide bonds. The van der Waals surface area contributed by atoms with Gasteiger partial charge in [0.05, 0.1) is 12.1 Å². The van der Waals surface area contributed by atoms with Crippen LogP contribution < -0.4 is 0 Å². The Labute approximate surface area is 120 Å². The minimum absolute atomic E-state index is 0.00470. The van der Waals surface area contributed by atoms with Gasteiger partial charge in [-0.1, -0.05) is 12.1 Å². The van der Waals surface area contributed by atoms with Crippen LogP contribution in [-0.4, -0.2) is 12.4 Å². The molecule has 0 N–H and O–H groups in total. The molecule has 0 saturated heterocycles. The van der Waals surface area contributed by atoms with Gasteiger partial charge in [0, 0.05) is 17.7 Å². The first-order valence-corrected chi connectivity index (χ1v) is 7.09. The Morgan fingerprint density at radius 1 is 1.05 bits per heavy atom. The van der Waals surface area contributed by atoms with Gasteiger partial charge >= 0.3 is 6.18 Å². The average Bonchev–Trinajstić information content (AvgIpc) is 2.43. The van der Waals surface area contributed by atoms with E-state index in [1.54, 1.807) is 36.0 Å². The number of thioether (sulfide) groups is 1. The van der Waals surface area contributed by atoms with Gasteiger partial charge in [-0.15, -0.1) is 11.8 Å². The summed E-state index contributed by atoms with van der Waals surface area (Å²) >= 11 is 1.54. The predicted octanol–water partition coefficient (Wildman–Crippen LogP) is 4.33. The second-order valence-electron chi connectivity index (χ2n) is 4.45. The predicted molar refractivity (Wildman–Crippen MR) is 70.9 cm³/mol. The number of nitriles is 2. The van der Waals surface area contributed by atoms with E-state index < -0.39 is 24.4 Å². The van der Waals surface area contributed by atoms with Crippen molar-refractivity contribution in [2.75, 3.05) is 6.26 Å². The molecule has 0 atom stereocenters. The summed E-state index contributed by atoms with van der Waals surface area (Å²) < 4.78 is 36.8. The lowest BCUT2D eigenvalue weighted by Gasteiger charge is -2.19. The molecule has 0 heterocycles. The zero-order valence-electron chi connectivity index (χ0n) is 10.9. The number of rotatable bonds is 5. The molecule has 0 spiro atoms. The van der Waals surface area contributed by atoms with Crippen LogP contribution in [0.15, 0.2) is 29.2 Å². The van der Waals surface area contributed by atoms with Gasteiger partial charge in [0.2, 0.25) is 0 Å². The van der Waals surface area contributed by atoms with Crippen LogP contribution >= 0.6 is 11.8 Å². The maximum absolute atomic E-state index is 12.3. The van der Waals surface area contributed by atoms with Crippen LogP contribution in [0.3, 0.4) is 0 Å². The number of nitrogens with zero attached hydrogens (tertiary/aromatic N) is 2. The SMILES string of the molecule is CSc1ccc(CC(C#N)(C#N)CCC(F)(F)F)cc1. The van der Waals surface area contributed by atoms with Crippen molar-refractivity contribution < 1.29 is 13.2 Å². The normalized spacial score (nSPS) is 11.7. The fraction of sp³-hybridized carbons (Fsp3) is 0.429. The van der Waals surface area contributed by atoms with E-state index in [-0.39, 0.29) is 6.42 Å². The molecule has 1 aromatic carbocycles. The minimum Gasteiger partial charge on any atom is -0.197 e. The molecule has 1 aromatic rings. The van der Waals surface area contributed by atoms with Crippen LogP contribution in [0.5, 0.6) is 0 Å². The van der Waals surface area contributed by atoms with Crippen LogP contribution in [0, 0.1) is 28.1 Å². The quantitative estimate of drug-likeness (QED) is 0.760. The van der Waals surface area contributed by atoms with Crippen molar-refractivity contribution in [1.82, 2.24) is 0 Å². The lowest BCUT2D eigenvalue weighted by Crippen LogP contribution is -2.23. The topological polar surface area (TPSA) is 47.6 Å². The Bertz CT molecular complexity index is 509. The number of halogens is 3. The Morgan fingerprint density at radius 2 is 1.60 bits per heavy atom. The summed E-state index contributed by atoms with van der Waals surface area (Å²) in [5, 5.41) is 18.2. The first-order chi connectivity index (χ1) is 9.34. The number of benzene rings is 1. The molecule has 0 saturated carbocycles. The molecule has 0 bridgehead atoms. The molecule has 1 rings (SSSR count). The van der Waals surface area contributed by atoms with Crippen molar-refractivity contribution in [3.63, 3.8) is 0 Å². The van der Waals surface area contributed by atoms with E-state index in [4.69, 9.17) is 10.5 Å². The molecular formula is C14H13F3N2S. The second kappa shape index (κ2) is 6.67. The van der Waals surface area contributed by atoms with E-state index in [0.717, 1.165) is 4.90 Å². The van der Waals surface area contributed by atoms with Gasteiger partial charge in [-0.25, -0.2) is 0 Å². The monoisotopic (exact) mass is 298 g/mol. The highest BCUT2D eigenvalue weighted by atomic mass is 32.2. The summed E-state index contributed by atoms with van der Waals surface area (Å²) in [7, 11) is 0. The van der Waals surface area contributed by atoms with Gasteiger partial charge < -0.3 is 0 Å². The summed E-state index contributed by atoms with van der Waals surface area (Å²) in [6.07, 6.45) is -4.08. The lowest BCUT2D eigenvalue weighted by molar-refractivity contribution is -0.138. The van der Waals surface area contributed by atoms with Gasteiger partial charge in [-0.3, -0.25) is 0 Å². The van der Waals surface area contributed by atoms with Crippen molar-refractivity contribution in [3.05, 3.63) is 29.8 Å². The zero-order valence-corrected chi connectivity index (χ0v) is 11.7. The Morgan fingerprint density at radius 3 is 2.00 bits per heavy atom. The van der Waals surface area contributed by atoms with Crippen molar-refractivity contribution in [3.8, 4) is 12.1 Å². The van der Waals surface area contributed by atoms with E-state index in [2.05, 4.69) is 0 Å². The van der Waals surface area contributed by atoms with E-state index in [9.17, 15) is 13.2 Å². The van der Waals surface area contributed by atoms with Gasteiger partial charge in [0.1, 0.15) is 5.41 Å². The Hall–Kier alpha value is -1.66. The average molecular weight is 298 g/mol. The fourth-order valence-electron chi connectivity index (χ4n) is 1.75. The number of alkyl halides is 3. The Balaban J connectivity index is 2.86. The van der Waals surface area contributed by atoms with Gasteiger partial charge in [-0.2, -0.15) is 23.7 Å². The van der Waals surface area contributed by atoms with E-state index in [1.807, 2.05) is 18.4 Å². The Kier molecular flexibility index (Phi) is 5.47. The highest BCUT2D eigenvalue weighted by molar-refractivity contribution is 7.98. The first kappa shape index (κ1) is 16.4. The molecule has 0 fully saturated rings.